The predicted molar refractivity (Wildman–Crippen MR) is 117 cm³/mol. The van der Waals surface area contributed by atoms with E-state index in [-0.39, 0.29) is 5.56 Å². The molecule has 0 aliphatic heterocycles. The molecule has 146 valence electrons. The highest BCUT2D eigenvalue weighted by atomic mass is 32.1. The molecule has 3 rings (SSSR count). The summed E-state index contributed by atoms with van der Waals surface area (Å²) in [5.41, 5.74) is 2.85. The number of aromatic amines is 1. The van der Waals surface area contributed by atoms with Crippen LogP contribution in [0.25, 0.3) is 10.9 Å². The summed E-state index contributed by atoms with van der Waals surface area (Å²) in [6.07, 6.45) is 7.08. The van der Waals surface area contributed by atoms with E-state index >= 15 is 0 Å². The van der Waals surface area contributed by atoms with Crippen LogP contribution in [0.3, 0.4) is 0 Å². The molecule has 1 fully saturated rings. The van der Waals surface area contributed by atoms with Crippen molar-refractivity contribution in [1.82, 2.24) is 15.2 Å². The molecule has 2 N–H and O–H groups in total. The van der Waals surface area contributed by atoms with Crippen LogP contribution >= 0.6 is 12.2 Å². The standard InChI is InChI=1S/C22H31N3OS/c1-4-16(3)23-22(27)25(19-8-6-5-7-9-19)14-18-13-17-12-15(2)10-11-20(17)24-21(18)26/h10-13,16,19H,4-9,14H2,1-3H3,(H,23,27)(H,24,26)/t16-/m1/s1. The summed E-state index contributed by atoms with van der Waals surface area (Å²) in [5, 5.41) is 5.31. The molecule has 1 saturated carbocycles. The third kappa shape index (κ3) is 4.89. The Labute approximate surface area is 167 Å². The number of nitrogens with one attached hydrogen (secondary N) is 2. The van der Waals surface area contributed by atoms with Crippen LogP contribution in [0.2, 0.25) is 0 Å². The number of thiocarbonyl (C=S) groups is 1. The van der Waals surface area contributed by atoms with Gasteiger partial charge >= 0.3 is 0 Å². The molecule has 2 aromatic rings. The van der Waals surface area contributed by atoms with E-state index in [4.69, 9.17) is 12.2 Å². The lowest BCUT2D eigenvalue weighted by Gasteiger charge is -2.37. The van der Waals surface area contributed by atoms with Crippen molar-refractivity contribution >= 4 is 28.2 Å². The van der Waals surface area contributed by atoms with Crippen LogP contribution in [0.5, 0.6) is 0 Å². The first-order valence-electron chi connectivity index (χ1n) is 10.2. The number of nitrogens with zero attached hydrogens (tertiary/aromatic N) is 1. The van der Waals surface area contributed by atoms with Gasteiger partial charge < -0.3 is 15.2 Å². The minimum absolute atomic E-state index is 0.0153. The first-order chi connectivity index (χ1) is 13.0. The fourth-order valence-electron chi connectivity index (χ4n) is 3.83. The van der Waals surface area contributed by atoms with Gasteiger partial charge in [-0.15, -0.1) is 0 Å². The van der Waals surface area contributed by atoms with Gasteiger partial charge in [-0.3, -0.25) is 4.79 Å². The zero-order valence-corrected chi connectivity index (χ0v) is 17.5. The Balaban J connectivity index is 1.90. The Kier molecular flexibility index (Phi) is 6.53. The van der Waals surface area contributed by atoms with Crippen LogP contribution < -0.4 is 10.9 Å². The van der Waals surface area contributed by atoms with Crippen LogP contribution in [0, 0.1) is 6.92 Å². The average molecular weight is 386 g/mol. The summed E-state index contributed by atoms with van der Waals surface area (Å²) in [5.74, 6) is 0. The molecule has 1 atom stereocenters. The van der Waals surface area contributed by atoms with Crippen molar-refractivity contribution in [3.63, 3.8) is 0 Å². The molecule has 4 nitrogen and oxygen atoms in total. The van der Waals surface area contributed by atoms with E-state index in [9.17, 15) is 4.79 Å². The van der Waals surface area contributed by atoms with Gasteiger partial charge in [-0.2, -0.15) is 0 Å². The number of fused-ring (bicyclic) bond motifs is 1. The van der Waals surface area contributed by atoms with Crippen molar-refractivity contribution in [3.8, 4) is 0 Å². The van der Waals surface area contributed by atoms with Crippen molar-refractivity contribution < 1.29 is 0 Å². The van der Waals surface area contributed by atoms with Gasteiger partial charge in [0.25, 0.3) is 5.56 Å². The largest absolute Gasteiger partial charge is 0.360 e. The Morgan fingerprint density at radius 3 is 2.74 bits per heavy atom. The van der Waals surface area contributed by atoms with E-state index in [1.165, 1.54) is 24.8 Å². The van der Waals surface area contributed by atoms with Gasteiger partial charge in [-0.25, -0.2) is 0 Å². The molecule has 0 amide bonds. The Morgan fingerprint density at radius 1 is 1.30 bits per heavy atom. The number of H-pyrrole nitrogens is 1. The van der Waals surface area contributed by atoms with E-state index in [1.54, 1.807) is 0 Å². The van der Waals surface area contributed by atoms with Crippen LogP contribution in [-0.2, 0) is 6.54 Å². The predicted octanol–water partition coefficient (Wildman–Crippen LogP) is 4.64. The number of aryl methyl sites for hydroxylation is 1. The number of aromatic nitrogens is 1. The second kappa shape index (κ2) is 8.87. The van der Waals surface area contributed by atoms with Gasteiger partial charge in [-0.1, -0.05) is 37.8 Å². The SMILES string of the molecule is CC[C@@H](C)NC(=S)N(Cc1cc2cc(C)ccc2[nH]c1=O)C1CCCCC1. The summed E-state index contributed by atoms with van der Waals surface area (Å²) in [6.45, 7) is 6.94. The molecule has 5 heteroatoms. The fourth-order valence-corrected chi connectivity index (χ4v) is 4.24. The van der Waals surface area contributed by atoms with Gasteiger partial charge in [-0.05, 0) is 68.9 Å². The van der Waals surface area contributed by atoms with E-state index in [0.717, 1.165) is 40.8 Å². The summed E-state index contributed by atoms with van der Waals surface area (Å²) >= 11 is 5.76. The number of benzene rings is 1. The summed E-state index contributed by atoms with van der Waals surface area (Å²) in [6, 6.07) is 8.90. The van der Waals surface area contributed by atoms with Gasteiger partial charge in [0.1, 0.15) is 0 Å². The molecule has 1 aliphatic rings. The fraction of sp³-hybridized carbons (Fsp3) is 0.545. The highest BCUT2D eigenvalue weighted by Gasteiger charge is 2.25. The lowest BCUT2D eigenvalue weighted by Crippen LogP contribution is -2.49. The smallest absolute Gasteiger partial charge is 0.253 e. The highest BCUT2D eigenvalue weighted by Crippen LogP contribution is 2.24. The number of hydrogen-bond acceptors (Lipinski definition) is 2. The van der Waals surface area contributed by atoms with Crippen molar-refractivity contribution in [2.45, 2.75) is 77.9 Å². The molecule has 1 aliphatic carbocycles. The third-order valence-electron chi connectivity index (χ3n) is 5.68. The quantitative estimate of drug-likeness (QED) is 0.736. The molecular formula is C22H31N3OS. The lowest BCUT2D eigenvalue weighted by molar-refractivity contribution is 0.233. The van der Waals surface area contributed by atoms with Crippen LogP contribution in [0.4, 0.5) is 0 Å². The lowest BCUT2D eigenvalue weighted by atomic mass is 9.94. The molecule has 1 heterocycles. The zero-order chi connectivity index (χ0) is 19.4. The molecule has 0 unspecified atom stereocenters. The Bertz CT molecular complexity index is 854. The minimum atomic E-state index is -0.0153. The Hall–Kier alpha value is -1.88. The van der Waals surface area contributed by atoms with Crippen LogP contribution in [0.1, 0.15) is 63.5 Å². The van der Waals surface area contributed by atoms with Crippen molar-refractivity contribution in [2.75, 3.05) is 0 Å². The minimum Gasteiger partial charge on any atom is -0.360 e. The molecule has 1 aromatic heterocycles. The average Bonchev–Trinajstić information content (AvgIpc) is 2.67. The van der Waals surface area contributed by atoms with E-state index in [0.29, 0.717) is 18.6 Å². The Morgan fingerprint density at radius 2 is 2.04 bits per heavy atom. The van der Waals surface area contributed by atoms with Crippen molar-refractivity contribution in [3.05, 3.63) is 45.7 Å². The molecule has 0 spiro atoms. The van der Waals surface area contributed by atoms with E-state index in [1.807, 2.05) is 18.2 Å². The monoisotopic (exact) mass is 385 g/mol. The first-order valence-corrected chi connectivity index (χ1v) is 10.6. The number of pyridine rings is 1. The second-order valence-electron chi connectivity index (χ2n) is 7.89. The van der Waals surface area contributed by atoms with Gasteiger partial charge in [0.05, 0.1) is 6.54 Å². The van der Waals surface area contributed by atoms with E-state index in [2.05, 4.69) is 42.0 Å². The van der Waals surface area contributed by atoms with Crippen LogP contribution in [-0.4, -0.2) is 27.1 Å². The maximum Gasteiger partial charge on any atom is 0.253 e. The van der Waals surface area contributed by atoms with Gasteiger partial charge in [0.15, 0.2) is 5.11 Å². The molecule has 0 bridgehead atoms. The van der Waals surface area contributed by atoms with Crippen LogP contribution in [0.15, 0.2) is 29.1 Å². The zero-order valence-electron chi connectivity index (χ0n) is 16.7. The van der Waals surface area contributed by atoms with Crippen molar-refractivity contribution in [2.24, 2.45) is 0 Å². The summed E-state index contributed by atoms with van der Waals surface area (Å²) < 4.78 is 0. The molecule has 0 saturated heterocycles. The number of rotatable bonds is 5. The molecule has 27 heavy (non-hydrogen) atoms. The second-order valence-corrected chi connectivity index (χ2v) is 8.28. The maximum atomic E-state index is 12.7. The molecule has 1 aromatic carbocycles. The topological polar surface area (TPSA) is 48.1 Å². The molecular weight excluding hydrogens is 354 g/mol. The highest BCUT2D eigenvalue weighted by molar-refractivity contribution is 7.80. The normalized spacial score (nSPS) is 16.3. The third-order valence-corrected chi connectivity index (χ3v) is 6.03. The molecule has 0 radical (unpaired) electrons. The summed E-state index contributed by atoms with van der Waals surface area (Å²) in [7, 11) is 0. The van der Waals surface area contributed by atoms with Gasteiger partial charge in [0.2, 0.25) is 0 Å². The van der Waals surface area contributed by atoms with Gasteiger partial charge in [0, 0.05) is 23.2 Å². The summed E-state index contributed by atoms with van der Waals surface area (Å²) in [4.78, 5) is 18.0. The first kappa shape index (κ1) is 19.9. The maximum absolute atomic E-state index is 12.7. The van der Waals surface area contributed by atoms with Crippen molar-refractivity contribution in [1.29, 1.82) is 0 Å². The number of hydrogen-bond donors (Lipinski definition) is 2. The van der Waals surface area contributed by atoms with E-state index < -0.39 is 0 Å².